The summed E-state index contributed by atoms with van der Waals surface area (Å²) in [6, 6.07) is 9.25. The fraction of sp³-hybridized carbons (Fsp3) is 0.304. The Labute approximate surface area is 178 Å². The predicted molar refractivity (Wildman–Crippen MR) is 114 cm³/mol. The number of hydrogen-bond acceptors (Lipinski definition) is 4. The van der Waals surface area contributed by atoms with Crippen molar-refractivity contribution in [2.75, 3.05) is 7.11 Å². The first-order valence-corrected chi connectivity index (χ1v) is 10.6. The Morgan fingerprint density at radius 3 is 2.53 bits per heavy atom. The van der Waals surface area contributed by atoms with Gasteiger partial charge in [-0.25, -0.2) is 13.8 Å². The maximum atomic E-state index is 13.5. The Morgan fingerprint density at radius 2 is 1.97 bits per heavy atom. The number of hydrogen-bond donors (Lipinski definition) is 0. The van der Waals surface area contributed by atoms with Gasteiger partial charge in [0.1, 0.15) is 0 Å². The SMILES string of the molecule is COC1=CC=C(C2CC(c3cccs3)=NN2C(=O)c2ccc(C(C)(F)F)cc2)CC1. The highest BCUT2D eigenvalue weighted by atomic mass is 32.1. The number of carbonyl (C=O) groups is 1. The molecule has 1 aliphatic carbocycles. The van der Waals surface area contributed by atoms with Crippen molar-refractivity contribution in [1.82, 2.24) is 5.01 Å². The van der Waals surface area contributed by atoms with Crippen LogP contribution < -0.4 is 0 Å². The van der Waals surface area contributed by atoms with Gasteiger partial charge in [-0.2, -0.15) is 5.10 Å². The standard InChI is InChI=1S/C23H22F2N2O2S/c1-23(24,25)17-9-5-16(6-10-17)22(28)27-20(15-7-11-18(29-2)12-8-15)14-19(26-27)21-4-3-13-30-21/h3-7,9-11,13,20H,8,12,14H2,1-2H3. The van der Waals surface area contributed by atoms with Crippen LogP contribution in [0.2, 0.25) is 0 Å². The summed E-state index contributed by atoms with van der Waals surface area (Å²) in [5.74, 6) is -2.33. The molecule has 0 fully saturated rings. The van der Waals surface area contributed by atoms with Gasteiger partial charge in [0.15, 0.2) is 0 Å². The molecule has 2 aliphatic rings. The third-order valence-electron chi connectivity index (χ3n) is 5.40. The molecule has 2 aromatic rings. The maximum absolute atomic E-state index is 13.5. The molecule has 2 heterocycles. The number of alkyl halides is 2. The van der Waals surface area contributed by atoms with Crippen LogP contribution >= 0.6 is 11.3 Å². The van der Waals surface area contributed by atoms with Crippen LogP contribution in [0.4, 0.5) is 8.78 Å². The molecule has 0 N–H and O–H groups in total. The highest BCUT2D eigenvalue weighted by molar-refractivity contribution is 7.12. The largest absolute Gasteiger partial charge is 0.501 e. The van der Waals surface area contributed by atoms with Crippen LogP contribution in [0.3, 0.4) is 0 Å². The van der Waals surface area contributed by atoms with E-state index in [0.29, 0.717) is 12.0 Å². The van der Waals surface area contributed by atoms with Crippen molar-refractivity contribution in [3.8, 4) is 0 Å². The molecule has 4 nitrogen and oxygen atoms in total. The monoisotopic (exact) mass is 428 g/mol. The Balaban J connectivity index is 1.65. The van der Waals surface area contributed by atoms with E-state index < -0.39 is 5.92 Å². The van der Waals surface area contributed by atoms with Gasteiger partial charge in [-0.1, -0.05) is 24.3 Å². The molecule has 1 atom stereocenters. The zero-order chi connectivity index (χ0) is 21.3. The van der Waals surface area contributed by atoms with Crippen molar-refractivity contribution in [3.05, 3.63) is 81.3 Å². The first-order chi connectivity index (χ1) is 14.4. The Morgan fingerprint density at radius 1 is 1.20 bits per heavy atom. The average molecular weight is 429 g/mol. The van der Waals surface area contributed by atoms with E-state index in [0.717, 1.165) is 41.7 Å². The van der Waals surface area contributed by atoms with Crippen LogP contribution in [-0.4, -0.2) is 29.8 Å². The zero-order valence-corrected chi connectivity index (χ0v) is 17.6. The summed E-state index contributed by atoms with van der Waals surface area (Å²) < 4.78 is 32.4. The lowest BCUT2D eigenvalue weighted by Crippen LogP contribution is -2.34. The Hall–Kier alpha value is -2.80. The molecule has 4 rings (SSSR count). The fourth-order valence-electron chi connectivity index (χ4n) is 3.70. The Kier molecular flexibility index (Phi) is 5.56. The number of allylic oxidation sites excluding steroid dienone is 3. The number of amides is 1. The van der Waals surface area contributed by atoms with Crippen LogP contribution in [-0.2, 0) is 10.7 Å². The second-order valence-electron chi connectivity index (χ2n) is 7.44. The first kappa shape index (κ1) is 20.5. The summed E-state index contributed by atoms with van der Waals surface area (Å²) in [4.78, 5) is 14.3. The lowest BCUT2D eigenvalue weighted by atomic mass is 9.93. The zero-order valence-electron chi connectivity index (χ0n) is 16.8. The summed E-state index contributed by atoms with van der Waals surface area (Å²) in [6.45, 7) is 0.843. The van der Waals surface area contributed by atoms with E-state index >= 15 is 0 Å². The van der Waals surface area contributed by atoms with Crippen molar-refractivity contribution in [2.24, 2.45) is 5.10 Å². The van der Waals surface area contributed by atoms with E-state index in [-0.39, 0.29) is 17.5 Å². The van der Waals surface area contributed by atoms with Gasteiger partial charge < -0.3 is 4.74 Å². The van der Waals surface area contributed by atoms with Gasteiger partial charge in [0.2, 0.25) is 0 Å². The van der Waals surface area contributed by atoms with Crippen molar-refractivity contribution in [2.45, 2.75) is 38.2 Å². The molecule has 7 heteroatoms. The second kappa shape index (κ2) is 8.14. The van der Waals surface area contributed by atoms with E-state index in [1.54, 1.807) is 18.4 Å². The minimum Gasteiger partial charge on any atom is -0.501 e. The van der Waals surface area contributed by atoms with Crippen LogP contribution in [0, 0.1) is 0 Å². The summed E-state index contributed by atoms with van der Waals surface area (Å²) in [5, 5.41) is 8.13. The molecular formula is C23H22F2N2O2S. The van der Waals surface area contributed by atoms with E-state index in [4.69, 9.17) is 4.74 Å². The molecule has 0 spiro atoms. The number of methoxy groups -OCH3 is 1. The molecule has 0 bridgehead atoms. The number of halogens is 2. The van der Waals surface area contributed by atoms with Crippen molar-refractivity contribution < 1.29 is 18.3 Å². The van der Waals surface area contributed by atoms with Crippen LogP contribution in [0.1, 0.15) is 47.0 Å². The molecule has 156 valence electrons. The van der Waals surface area contributed by atoms with Gasteiger partial charge >= 0.3 is 0 Å². The van der Waals surface area contributed by atoms with Gasteiger partial charge in [0.25, 0.3) is 11.8 Å². The summed E-state index contributed by atoms with van der Waals surface area (Å²) >= 11 is 1.58. The fourth-order valence-corrected chi connectivity index (χ4v) is 4.42. The van der Waals surface area contributed by atoms with E-state index in [2.05, 4.69) is 5.10 Å². The summed E-state index contributed by atoms with van der Waals surface area (Å²) in [7, 11) is 1.65. The highest BCUT2D eigenvalue weighted by Crippen LogP contribution is 2.33. The van der Waals surface area contributed by atoms with Gasteiger partial charge in [-0.15, -0.1) is 11.3 Å². The number of carbonyl (C=O) groups excluding carboxylic acids is 1. The normalized spacial score (nSPS) is 19.3. The topological polar surface area (TPSA) is 41.9 Å². The Bertz CT molecular complexity index is 1020. The number of hydrazone groups is 1. The van der Waals surface area contributed by atoms with Crippen molar-refractivity contribution >= 4 is 23.0 Å². The average Bonchev–Trinajstić information content (AvgIpc) is 3.43. The molecule has 1 unspecified atom stereocenters. The minimum absolute atomic E-state index is 0.119. The van der Waals surface area contributed by atoms with E-state index in [1.165, 1.54) is 29.3 Å². The van der Waals surface area contributed by atoms with Gasteiger partial charge in [-0.3, -0.25) is 4.79 Å². The smallest absolute Gasteiger partial charge is 0.274 e. The molecule has 1 aliphatic heterocycles. The lowest BCUT2D eigenvalue weighted by molar-refractivity contribution is 0.0174. The minimum atomic E-state index is -2.94. The van der Waals surface area contributed by atoms with Crippen LogP contribution in [0.25, 0.3) is 0 Å². The number of nitrogens with zero attached hydrogens (tertiary/aromatic N) is 2. The third kappa shape index (κ3) is 4.07. The summed E-state index contributed by atoms with van der Waals surface area (Å²) in [5.41, 5.74) is 2.19. The number of ether oxygens (including phenoxy) is 1. The van der Waals surface area contributed by atoms with E-state index in [1.807, 2.05) is 29.7 Å². The molecule has 1 aromatic carbocycles. The molecule has 1 amide bonds. The van der Waals surface area contributed by atoms with Crippen LogP contribution in [0.15, 0.2) is 70.4 Å². The second-order valence-corrected chi connectivity index (χ2v) is 8.39. The van der Waals surface area contributed by atoms with E-state index in [9.17, 15) is 13.6 Å². The number of thiophene rings is 1. The number of benzene rings is 1. The molecule has 1 aromatic heterocycles. The third-order valence-corrected chi connectivity index (χ3v) is 6.32. The summed E-state index contributed by atoms with van der Waals surface area (Å²) in [6.07, 6.45) is 6.11. The maximum Gasteiger partial charge on any atom is 0.274 e. The highest BCUT2D eigenvalue weighted by Gasteiger charge is 2.35. The lowest BCUT2D eigenvalue weighted by Gasteiger charge is -2.26. The van der Waals surface area contributed by atoms with Crippen LogP contribution in [0.5, 0.6) is 0 Å². The van der Waals surface area contributed by atoms with Gasteiger partial charge in [0.05, 0.1) is 29.5 Å². The van der Waals surface area contributed by atoms with Gasteiger partial charge in [0, 0.05) is 30.9 Å². The quantitative estimate of drug-likeness (QED) is 0.610. The molecule has 0 radical (unpaired) electrons. The molecular weight excluding hydrogens is 406 g/mol. The van der Waals surface area contributed by atoms with Crippen molar-refractivity contribution in [3.63, 3.8) is 0 Å². The molecule has 0 saturated heterocycles. The van der Waals surface area contributed by atoms with Gasteiger partial charge in [-0.05, 0) is 41.6 Å². The first-order valence-electron chi connectivity index (χ1n) is 9.73. The molecule has 30 heavy (non-hydrogen) atoms. The molecule has 0 saturated carbocycles. The van der Waals surface area contributed by atoms with Crippen molar-refractivity contribution in [1.29, 1.82) is 0 Å². The predicted octanol–water partition coefficient (Wildman–Crippen LogP) is 5.73. The number of rotatable bonds is 5.